The van der Waals surface area contributed by atoms with Crippen LogP contribution >= 0.6 is 0 Å². The molecule has 0 bridgehead atoms. The molecule has 0 fully saturated rings. The number of hydrogen-bond donors (Lipinski definition) is 1. The van der Waals surface area contributed by atoms with E-state index >= 15 is 0 Å². The molecular weight excluding hydrogens is 166 g/mol. The molecule has 1 aliphatic heterocycles. The minimum Gasteiger partial charge on any atom is -0.483 e. The van der Waals surface area contributed by atoms with Gasteiger partial charge in [0.05, 0.1) is 0 Å². The van der Waals surface area contributed by atoms with Crippen LogP contribution in [-0.2, 0) is 16.1 Å². The van der Waals surface area contributed by atoms with Crippen molar-refractivity contribution in [3.8, 4) is 0 Å². The summed E-state index contributed by atoms with van der Waals surface area (Å²) in [7, 11) is 0. The first-order valence-corrected chi connectivity index (χ1v) is 3.99. The topological polar surface area (TPSA) is 52.3 Å². The first kappa shape index (κ1) is 7.86. The molecule has 0 aliphatic carbocycles. The molecule has 0 spiro atoms. The number of carbonyl (C=O) groups is 1. The van der Waals surface area contributed by atoms with Crippen molar-refractivity contribution in [3.63, 3.8) is 0 Å². The molecule has 3 heteroatoms. The van der Waals surface area contributed by atoms with Crippen molar-refractivity contribution < 1.29 is 9.53 Å². The second-order valence-electron chi connectivity index (χ2n) is 2.86. The predicted octanol–water partition coefficient (Wildman–Crippen LogP) is 1.04. The Bertz CT molecular complexity index is 382. The van der Waals surface area contributed by atoms with Crippen LogP contribution in [0.4, 0.5) is 0 Å². The van der Waals surface area contributed by atoms with Crippen LogP contribution in [0, 0.1) is 0 Å². The van der Waals surface area contributed by atoms with E-state index in [1.54, 1.807) is 6.08 Å². The fraction of sp³-hybridized carbons (Fsp3) is 0.100. The molecule has 0 atom stereocenters. The van der Waals surface area contributed by atoms with Gasteiger partial charge >= 0.3 is 0 Å². The van der Waals surface area contributed by atoms with E-state index in [2.05, 4.69) is 0 Å². The lowest BCUT2D eigenvalue weighted by Gasteiger charge is -2.15. The lowest BCUT2D eigenvalue weighted by molar-refractivity contribution is -0.118. The third-order valence-corrected chi connectivity index (χ3v) is 1.97. The zero-order valence-electron chi connectivity index (χ0n) is 6.99. The number of rotatable bonds is 1. The summed E-state index contributed by atoms with van der Waals surface area (Å²) in [5.74, 6) is -0.284. The molecule has 1 aromatic rings. The highest BCUT2D eigenvalue weighted by Crippen LogP contribution is 2.20. The van der Waals surface area contributed by atoms with Crippen molar-refractivity contribution in [1.82, 2.24) is 0 Å². The zero-order chi connectivity index (χ0) is 9.26. The Balaban J connectivity index is 2.44. The Morgan fingerprint density at radius 2 is 2.15 bits per heavy atom. The van der Waals surface area contributed by atoms with Crippen molar-refractivity contribution in [2.24, 2.45) is 5.73 Å². The van der Waals surface area contributed by atoms with E-state index in [4.69, 9.17) is 10.5 Å². The quantitative estimate of drug-likeness (QED) is 0.693. The predicted molar refractivity (Wildman–Crippen MR) is 48.4 cm³/mol. The summed E-state index contributed by atoms with van der Waals surface area (Å²) in [6.45, 7) is 0.422. The van der Waals surface area contributed by atoms with Crippen LogP contribution in [0.2, 0.25) is 0 Å². The molecule has 1 aliphatic rings. The Morgan fingerprint density at radius 1 is 1.38 bits per heavy atom. The summed E-state index contributed by atoms with van der Waals surface area (Å²) in [5, 5.41) is 0. The highest BCUT2D eigenvalue weighted by atomic mass is 16.5. The average Bonchev–Trinajstić information content (AvgIpc) is 2.17. The minimum absolute atomic E-state index is 0.235. The zero-order valence-corrected chi connectivity index (χ0v) is 6.99. The maximum atomic E-state index is 10.8. The maximum absolute atomic E-state index is 10.8. The van der Waals surface area contributed by atoms with Crippen LogP contribution in [-0.4, -0.2) is 5.91 Å². The molecule has 3 nitrogen and oxygen atoms in total. The standard InChI is InChI=1S/C10H9NO2/c11-10(12)9-5-7-3-1-2-4-8(7)6-13-9/h1-5H,6H2,(H2,11,12). The number of ether oxygens (including phenoxy) is 1. The van der Waals surface area contributed by atoms with Gasteiger partial charge in [0.15, 0.2) is 5.76 Å². The molecule has 1 aromatic carbocycles. The smallest absolute Gasteiger partial charge is 0.283 e. The van der Waals surface area contributed by atoms with Gasteiger partial charge in [-0.3, -0.25) is 4.79 Å². The van der Waals surface area contributed by atoms with E-state index in [-0.39, 0.29) is 5.76 Å². The normalized spacial score (nSPS) is 14.0. The lowest BCUT2D eigenvalue weighted by Crippen LogP contribution is -2.18. The van der Waals surface area contributed by atoms with Crippen molar-refractivity contribution >= 4 is 12.0 Å². The summed E-state index contributed by atoms with van der Waals surface area (Å²) < 4.78 is 5.15. The van der Waals surface area contributed by atoms with Gasteiger partial charge < -0.3 is 10.5 Å². The van der Waals surface area contributed by atoms with Crippen molar-refractivity contribution in [2.75, 3.05) is 0 Å². The van der Waals surface area contributed by atoms with Gasteiger partial charge in [0.2, 0.25) is 0 Å². The highest BCUT2D eigenvalue weighted by molar-refractivity contribution is 5.95. The molecule has 0 saturated carbocycles. The highest BCUT2D eigenvalue weighted by Gasteiger charge is 2.13. The van der Waals surface area contributed by atoms with Gasteiger partial charge in [-0.2, -0.15) is 0 Å². The molecule has 66 valence electrons. The Labute approximate surface area is 75.8 Å². The number of carbonyl (C=O) groups excluding carboxylic acids is 1. The van der Waals surface area contributed by atoms with Gasteiger partial charge in [-0.15, -0.1) is 0 Å². The van der Waals surface area contributed by atoms with E-state index in [9.17, 15) is 4.79 Å². The second kappa shape index (κ2) is 2.94. The molecule has 1 amide bonds. The van der Waals surface area contributed by atoms with E-state index in [0.717, 1.165) is 11.1 Å². The first-order valence-electron chi connectivity index (χ1n) is 3.99. The monoisotopic (exact) mass is 175 g/mol. The lowest BCUT2D eigenvalue weighted by atomic mass is 10.1. The van der Waals surface area contributed by atoms with Crippen LogP contribution in [0.5, 0.6) is 0 Å². The van der Waals surface area contributed by atoms with Gasteiger partial charge in [-0.05, 0) is 17.2 Å². The molecule has 1 heterocycles. The Hall–Kier alpha value is -1.77. The third kappa shape index (κ3) is 1.40. The summed E-state index contributed by atoms with van der Waals surface area (Å²) in [6.07, 6.45) is 1.67. The van der Waals surface area contributed by atoms with E-state index in [0.29, 0.717) is 6.61 Å². The average molecular weight is 175 g/mol. The van der Waals surface area contributed by atoms with Crippen LogP contribution in [0.25, 0.3) is 6.08 Å². The summed E-state index contributed by atoms with van der Waals surface area (Å²) in [6, 6.07) is 7.75. The number of amides is 1. The number of primary amides is 1. The number of fused-ring (bicyclic) bond motifs is 1. The SMILES string of the molecule is NC(=O)C1=Cc2ccccc2CO1. The summed E-state index contributed by atoms with van der Waals surface area (Å²) in [4.78, 5) is 10.8. The largest absolute Gasteiger partial charge is 0.483 e. The fourth-order valence-corrected chi connectivity index (χ4v) is 1.29. The van der Waals surface area contributed by atoms with E-state index < -0.39 is 5.91 Å². The third-order valence-electron chi connectivity index (χ3n) is 1.97. The Morgan fingerprint density at radius 3 is 2.92 bits per heavy atom. The Kier molecular flexibility index (Phi) is 1.77. The van der Waals surface area contributed by atoms with Crippen molar-refractivity contribution in [1.29, 1.82) is 0 Å². The van der Waals surface area contributed by atoms with Crippen molar-refractivity contribution in [3.05, 3.63) is 41.2 Å². The molecule has 2 rings (SSSR count). The van der Waals surface area contributed by atoms with E-state index in [1.165, 1.54) is 0 Å². The van der Waals surface area contributed by atoms with Gasteiger partial charge in [0.1, 0.15) is 6.61 Å². The fourth-order valence-electron chi connectivity index (χ4n) is 1.29. The molecule has 0 radical (unpaired) electrons. The maximum Gasteiger partial charge on any atom is 0.283 e. The van der Waals surface area contributed by atoms with Crippen molar-refractivity contribution in [2.45, 2.75) is 6.61 Å². The van der Waals surface area contributed by atoms with Gasteiger partial charge in [-0.25, -0.2) is 0 Å². The molecule has 13 heavy (non-hydrogen) atoms. The molecule has 0 saturated heterocycles. The number of nitrogens with two attached hydrogens (primary N) is 1. The van der Waals surface area contributed by atoms with Gasteiger partial charge in [0, 0.05) is 0 Å². The van der Waals surface area contributed by atoms with Crippen LogP contribution in [0.1, 0.15) is 11.1 Å². The van der Waals surface area contributed by atoms with Crippen LogP contribution < -0.4 is 5.73 Å². The van der Waals surface area contributed by atoms with Crippen LogP contribution in [0.3, 0.4) is 0 Å². The van der Waals surface area contributed by atoms with Crippen LogP contribution in [0.15, 0.2) is 30.0 Å². The summed E-state index contributed by atoms with van der Waals surface area (Å²) >= 11 is 0. The van der Waals surface area contributed by atoms with Gasteiger partial charge in [-0.1, -0.05) is 24.3 Å². The molecule has 0 aromatic heterocycles. The minimum atomic E-state index is -0.519. The second-order valence-corrected chi connectivity index (χ2v) is 2.86. The summed E-state index contributed by atoms with van der Waals surface area (Å²) in [5.41, 5.74) is 7.17. The number of benzene rings is 1. The van der Waals surface area contributed by atoms with E-state index in [1.807, 2.05) is 24.3 Å². The first-order chi connectivity index (χ1) is 6.27. The molecule has 2 N–H and O–H groups in total. The van der Waals surface area contributed by atoms with Gasteiger partial charge in [0.25, 0.3) is 5.91 Å². The molecule has 0 unspecified atom stereocenters. The molecular formula is C10H9NO2. The number of hydrogen-bond acceptors (Lipinski definition) is 2.